The molecular formula is C19H16ClNO5. The second-order valence-electron chi connectivity index (χ2n) is 5.32. The predicted octanol–water partition coefficient (Wildman–Crippen LogP) is 4.13. The van der Waals surface area contributed by atoms with Crippen molar-refractivity contribution in [3.63, 3.8) is 0 Å². The van der Waals surface area contributed by atoms with E-state index in [4.69, 9.17) is 30.3 Å². The van der Waals surface area contributed by atoms with Gasteiger partial charge in [0.1, 0.15) is 23.8 Å². The van der Waals surface area contributed by atoms with Gasteiger partial charge in [0.2, 0.25) is 0 Å². The fraction of sp³-hybridized carbons (Fsp3) is 0.158. The molecule has 0 N–H and O–H groups in total. The molecule has 1 heterocycles. The van der Waals surface area contributed by atoms with Gasteiger partial charge < -0.3 is 18.7 Å². The summed E-state index contributed by atoms with van der Waals surface area (Å²) < 4.78 is 20.8. The summed E-state index contributed by atoms with van der Waals surface area (Å²) in [5, 5.41) is 4.52. The highest BCUT2D eigenvalue weighted by Gasteiger charge is 2.10. The number of nitrogens with zero attached hydrogens (tertiary/aromatic N) is 1. The minimum absolute atomic E-state index is 0.00259. The predicted molar refractivity (Wildman–Crippen MR) is 95.2 cm³/mol. The Morgan fingerprint density at radius 3 is 2.65 bits per heavy atom. The zero-order chi connectivity index (χ0) is 18.4. The molecule has 134 valence electrons. The Kier molecular flexibility index (Phi) is 5.76. The smallest absolute Gasteiger partial charge is 0.344 e. The molecule has 0 saturated heterocycles. The monoisotopic (exact) mass is 373 g/mol. The average molecular weight is 374 g/mol. The Bertz CT molecular complexity index is 876. The Hall–Kier alpha value is -2.99. The number of carbonyl (C=O) groups is 1. The van der Waals surface area contributed by atoms with Crippen LogP contribution in [0.25, 0.3) is 11.3 Å². The number of hydrogen-bond acceptors (Lipinski definition) is 6. The number of methoxy groups -OCH3 is 1. The largest absolute Gasteiger partial charge is 0.497 e. The third-order valence-electron chi connectivity index (χ3n) is 3.47. The number of esters is 1. The summed E-state index contributed by atoms with van der Waals surface area (Å²) in [4.78, 5) is 11.8. The molecule has 0 saturated carbocycles. The quantitative estimate of drug-likeness (QED) is 0.580. The lowest BCUT2D eigenvalue weighted by Crippen LogP contribution is -2.14. The van der Waals surface area contributed by atoms with Crippen LogP contribution in [0.5, 0.6) is 11.5 Å². The van der Waals surface area contributed by atoms with Crippen LogP contribution in [-0.2, 0) is 16.1 Å². The first-order valence-electron chi connectivity index (χ1n) is 7.78. The number of halogens is 1. The number of carbonyl (C=O) groups excluding carboxylic acids is 1. The Labute approximate surface area is 155 Å². The van der Waals surface area contributed by atoms with Crippen molar-refractivity contribution >= 4 is 17.6 Å². The SMILES string of the molecule is COc1cccc(OCC(=O)OCc2cc(-c3ccc(Cl)cc3)on2)c1. The molecule has 7 heteroatoms. The van der Waals surface area contributed by atoms with E-state index in [9.17, 15) is 4.79 Å². The fourth-order valence-electron chi connectivity index (χ4n) is 2.16. The first kappa shape index (κ1) is 17.8. The highest BCUT2D eigenvalue weighted by molar-refractivity contribution is 6.30. The Morgan fingerprint density at radius 2 is 1.88 bits per heavy atom. The molecule has 0 bridgehead atoms. The van der Waals surface area contributed by atoms with Crippen molar-refractivity contribution in [1.29, 1.82) is 0 Å². The van der Waals surface area contributed by atoms with Crippen molar-refractivity contribution in [1.82, 2.24) is 5.16 Å². The summed E-state index contributed by atoms with van der Waals surface area (Å²) >= 11 is 5.86. The summed E-state index contributed by atoms with van der Waals surface area (Å²) in [6.45, 7) is -0.216. The van der Waals surface area contributed by atoms with Gasteiger partial charge in [-0.3, -0.25) is 0 Å². The maximum absolute atomic E-state index is 11.8. The van der Waals surface area contributed by atoms with Gasteiger partial charge in [-0.05, 0) is 36.4 Å². The first-order valence-corrected chi connectivity index (χ1v) is 8.16. The molecule has 0 radical (unpaired) electrons. The van der Waals surface area contributed by atoms with Gasteiger partial charge in [-0.15, -0.1) is 0 Å². The summed E-state index contributed by atoms with van der Waals surface area (Å²) in [7, 11) is 1.56. The fourth-order valence-corrected chi connectivity index (χ4v) is 2.29. The van der Waals surface area contributed by atoms with Crippen molar-refractivity contribution in [2.45, 2.75) is 6.61 Å². The van der Waals surface area contributed by atoms with Gasteiger partial charge in [0.05, 0.1) is 7.11 Å². The van der Waals surface area contributed by atoms with Crippen molar-refractivity contribution < 1.29 is 23.5 Å². The topological polar surface area (TPSA) is 70.8 Å². The van der Waals surface area contributed by atoms with Crippen LogP contribution in [0.4, 0.5) is 0 Å². The van der Waals surface area contributed by atoms with E-state index >= 15 is 0 Å². The standard InChI is InChI=1S/C19H16ClNO5/c1-23-16-3-2-4-17(10-16)24-12-19(22)25-11-15-9-18(26-21-15)13-5-7-14(20)8-6-13/h2-10H,11-12H2,1H3. The molecule has 0 aliphatic heterocycles. The highest BCUT2D eigenvalue weighted by Crippen LogP contribution is 2.22. The summed E-state index contributed by atoms with van der Waals surface area (Å²) in [6, 6.07) is 15.8. The minimum Gasteiger partial charge on any atom is -0.497 e. The van der Waals surface area contributed by atoms with Crippen molar-refractivity contribution in [3.8, 4) is 22.8 Å². The minimum atomic E-state index is -0.510. The lowest BCUT2D eigenvalue weighted by molar-refractivity contribution is -0.147. The zero-order valence-corrected chi connectivity index (χ0v) is 14.7. The third-order valence-corrected chi connectivity index (χ3v) is 3.72. The molecule has 0 aliphatic carbocycles. The maximum Gasteiger partial charge on any atom is 0.344 e. The van der Waals surface area contributed by atoms with Gasteiger partial charge in [0.25, 0.3) is 0 Å². The number of rotatable bonds is 7. The highest BCUT2D eigenvalue weighted by atomic mass is 35.5. The molecule has 26 heavy (non-hydrogen) atoms. The van der Waals surface area contributed by atoms with Crippen LogP contribution in [-0.4, -0.2) is 24.8 Å². The van der Waals surface area contributed by atoms with Gasteiger partial charge >= 0.3 is 5.97 Å². The molecule has 3 rings (SSSR count). The van der Waals surface area contributed by atoms with Gasteiger partial charge in [-0.1, -0.05) is 22.8 Å². The molecular weight excluding hydrogens is 358 g/mol. The molecule has 3 aromatic rings. The van der Waals surface area contributed by atoms with Gasteiger partial charge in [-0.25, -0.2) is 4.79 Å². The van der Waals surface area contributed by atoms with Gasteiger partial charge in [0, 0.05) is 22.7 Å². The molecule has 2 aromatic carbocycles. The van der Waals surface area contributed by atoms with Crippen LogP contribution in [0, 0.1) is 0 Å². The number of aromatic nitrogens is 1. The molecule has 0 unspecified atom stereocenters. The van der Waals surface area contributed by atoms with Gasteiger partial charge in [0.15, 0.2) is 12.4 Å². The van der Waals surface area contributed by atoms with Crippen molar-refractivity contribution in [2.24, 2.45) is 0 Å². The molecule has 0 aliphatic rings. The number of benzene rings is 2. The van der Waals surface area contributed by atoms with E-state index in [0.717, 1.165) is 5.56 Å². The van der Waals surface area contributed by atoms with E-state index in [1.165, 1.54) is 0 Å². The van der Waals surface area contributed by atoms with Crippen LogP contribution < -0.4 is 9.47 Å². The lowest BCUT2D eigenvalue weighted by Gasteiger charge is -2.07. The maximum atomic E-state index is 11.8. The average Bonchev–Trinajstić information content (AvgIpc) is 3.14. The second kappa shape index (κ2) is 8.40. The Morgan fingerprint density at radius 1 is 1.12 bits per heavy atom. The zero-order valence-electron chi connectivity index (χ0n) is 14.0. The van der Waals surface area contributed by atoms with Crippen molar-refractivity contribution in [3.05, 3.63) is 65.3 Å². The molecule has 0 fully saturated rings. The Balaban J connectivity index is 1.49. The summed E-state index contributed by atoms with van der Waals surface area (Å²) in [6.07, 6.45) is 0. The van der Waals surface area contributed by atoms with Crippen LogP contribution in [0.1, 0.15) is 5.69 Å². The summed E-state index contributed by atoms with van der Waals surface area (Å²) in [5.74, 6) is 1.23. The van der Waals surface area contributed by atoms with E-state index < -0.39 is 5.97 Å². The number of ether oxygens (including phenoxy) is 3. The molecule has 0 atom stereocenters. The van der Waals surface area contributed by atoms with E-state index in [1.54, 1.807) is 49.6 Å². The normalized spacial score (nSPS) is 10.4. The second-order valence-corrected chi connectivity index (χ2v) is 5.75. The van der Waals surface area contributed by atoms with E-state index in [2.05, 4.69) is 5.16 Å². The number of hydrogen-bond donors (Lipinski definition) is 0. The molecule has 0 amide bonds. The summed E-state index contributed by atoms with van der Waals surface area (Å²) in [5.41, 5.74) is 1.34. The van der Waals surface area contributed by atoms with E-state index in [0.29, 0.717) is 28.0 Å². The molecule has 1 aromatic heterocycles. The van der Waals surface area contributed by atoms with Crippen LogP contribution >= 0.6 is 11.6 Å². The van der Waals surface area contributed by atoms with Crippen LogP contribution in [0.15, 0.2) is 59.1 Å². The van der Waals surface area contributed by atoms with Crippen molar-refractivity contribution in [2.75, 3.05) is 13.7 Å². The molecule has 0 spiro atoms. The van der Waals surface area contributed by atoms with Gasteiger partial charge in [-0.2, -0.15) is 0 Å². The van der Waals surface area contributed by atoms with Crippen LogP contribution in [0.2, 0.25) is 5.02 Å². The molecule has 6 nitrogen and oxygen atoms in total. The third kappa shape index (κ3) is 4.77. The van der Waals surface area contributed by atoms with E-state index in [1.807, 2.05) is 12.1 Å². The lowest BCUT2D eigenvalue weighted by atomic mass is 10.2. The first-order chi connectivity index (χ1) is 12.6. The van der Waals surface area contributed by atoms with Crippen LogP contribution in [0.3, 0.4) is 0 Å². The van der Waals surface area contributed by atoms with E-state index in [-0.39, 0.29) is 13.2 Å².